The molecule has 2 aromatic rings. The predicted octanol–water partition coefficient (Wildman–Crippen LogP) is 1.99. The van der Waals surface area contributed by atoms with Crippen molar-refractivity contribution in [2.24, 2.45) is 5.92 Å². The van der Waals surface area contributed by atoms with E-state index >= 15 is 0 Å². The Morgan fingerprint density at radius 2 is 1.92 bits per heavy atom. The molecule has 0 radical (unpaired) electrons. The van der Waals surface area contributed by atoms with Crippen molar-refractivity contribution in [2.75, 3.05) is 37.8 Å². The average molecular weight is 550 g/mol. The number of anilines is 1. The molecular formula is C26H33ClFN5O5. The molecular weight excluding hydrogens is 517 g/mol. The molecule has 1 aliphatic heterocycles. The van der Waals surface area contributed by atoms with Crippen LogP contribution in [0.25, 0.3) is 0 Å². The first-order chi connectivity index (χ1) is 18.4. The van der Waals surface area contributed by atoms with Crippen molar-refractivity contribution in [3.63, 3.8) is 0 Å². The summed E-state index contributed by atoms with van der Waals surface area (Å²) in [6.45, 7) is 1.43. The second-order valence-electron chi connectivity index (χ2n) is 9.02. The van der Waals surface area contributed by atoms with Gasteiger partial charge >= 0.3 is 0 Å². The first-order valence-corrected chi connectivity index (χ1v) is 12.9. The smallest absolute Gasteiger partial charge is 0.245 e. The zero-order chi connectivity index (χ0) is 27.3. The lowest BCUT2D eigenvalue weighted by Crippen LogP contribution is -2.39. The summed E-state index contributed by atoms with van der Waals surface area (Å²) in [4.78, 5) is 34.4. The predicted molar refractivity (Wildman–Crippen MR) is 140 cm³/mol. The lowest BCUT2D eigenvalue weighted by Gasteiger charge is -2.31. The number of ether oxygens (including phenoxy) is 1. The van der Waals surface area contributed by atoms with Gasteiger partial charge in [-0.25, -0.2) is 14.4 Å². The second-order valence-corrected chi connectivity index (χ2v) is 9.46. The van der Waals surface area contributed by atoms with E-state index in [9.17, 15) is 14.0 Å². The van der Waals surface area contributed by atoms with Gasteiger partial charge in [0.1, 0.15) is 11.6 Å². The van der Waals surface area contributed by atoms with E-state index in [-0.39, 0.29) is 12.0 Å². The molecule has 206 valence electrons. The lowest BCUT2D eigenvalue weighted by atomic mass is 9.92. The van der Waals surface area contributed by atoms with Gasteiger partial charge in [-0.2, -0.15) is 0 Å². The molecule has 10 nitrogen and oxygen atoms in total. The zero-order valence-electron chi connectivity index (χ0n) is 21.0. The number of aromatic nitrogens is 2. The molecule has 0 aliphatic carbocycles. The Hall–Kier alpha value is -3.28. The van der Waals surface area contributed by atoms with Crippen LogP contribution in [0.15, 0.2) is 42.9 Å². The zero-order valence-corrected chi connectivity index (χ0v) is 21.7. The molecule has 0 spiro atoms. The molecule has 1 aromatic carbocycles. The van der Waals surface area contributed by atoms with Gasteiger partial charge in [0.05, 0.1) is 49.7 Å². The Kier molecular flexibility index (Phi) is 11.7. The minimum Gasteiger partial charge on any atom is -0.493 e. The van der Waals surface area contributed by atoms with Crippen LogP contribution >= 0.6 is 11.6 Å². The first-order valence-electron chi connectivity index (χ1n) is 12.5. The van der Waals surface area contributed by atoms with Crippen LogP contribution in [-0.2, 0) is 16.0 Å². The molecule has 0 bridgehead atoms. The van der Waals surface area contributed by atoms with Crippen molar-refractivity contribution in [1.29, 1.82) is 0 Å². The maximum absolute atomic E-state index is 14.5. The largest absolute Gasteiger partial charge is 0.493 e. The molecule has 1 aliphatic rings. The van der Waals surface area contributed by atoms with Crippen LogP contribution in [0.5, 0.6) is 5.75 Å². The van der Waals surface area contributed by atoms with Crippen LogP contribution in [0.4, 0.5) is 10.3 Å². The van der Waals surface area contributed by atoms with Crippen molar-refractivity contribution >= 4 is 29.4 Å². The van der Waals surface area contributed by atoms with Gasteiger partial charge < -0.3 is 30.5 Å². The van der Waals surface area contributed by atoms with Crippen LogP contribution in [0, 0.1) is 11.7 Å². The number of nitrogens with one attached hydrogen (secondary N) is 2. The van der Waals surface area contributed by atoms with Gasteiger partial charge in [0.2, 0.25) is 17.8 Å². The van der Waals surface area contributed by atoms with Crippen LogP contribution in [0.2, 0.25) is 5.02 Å². The van der Waals surface area contributed by atoms with E-state index in [4.69, 9.17) is 26.6 Å². The van der Waals surface area contributed by atoms with Gasteiger partial charge in [-0.15, -0.1) is 0 Å². The van der Waals surface area contributed by atoms with Gasteiger partial charge in [-0.05, 0) is 43.2 Å². The molecule has 2 amide bonds. The Morgan fingerprint density at radius 1 is 1.21 bits per heavy atom. The van der Waals surface area contributed by atoms with Crippen molar-refractivity contribution in [2.45, 2.75) is 38.1 Å². The number of hydrogen-bond acceptors (Lipinski definition) is 8. The lowest BCUT2D eigenvalue weighted by molar-refractivity contribution is -0.119. The number of rotatable bonds is 13. The molecule has 0 atom stereocenters. The van der Waals surface area contributed by atoms with Gasteiger partial charge in [0.25, 0.3) is 0 Å². The Labute approximate surface area is 225 Å². The highest BCUT2D eigenvalue weighted by Crippen LogP contribution is 2.25. The highest BCUT2D eigenvalue weighted by Gasteiger charge is 2.20. The fourth-order valence-electron chi connectivity index (χ4n) is 4.05. The molecule has 38 heavy (non-hydrogen) atoms. The number of piperidine rings is 1. The summed E-state index contributed by atoms with van der Waals surface area (Å²) >= 11 is 5.85. The Morgan fingerprint density at radius 3 is 2.58 bits per heavy atom. The summed E-state index contributed by atoms with van der Waals surface area (Å²) in [6, 6.07) is 3.61. The molecule has 1 fully saturated rings. The average Bonchev–Trinajstić information content (AvgIpc) is 2.92. The van der Waals surface area contributed by atoms with E-state index in [1.165, 1.54) is 12.1 Å². The van der Waals surface area contributed by atoms with Crippen LogP contribution in [0.3, 0.4) is 0 Å². The highest BCUT2D eigenvalue weighted by atomic mass is 35.5. The number of aliphatic hydroxyl groups excluding tert-OH is 2. The molecule has 4 N–H and O–H groups in total. The van der Waals surface area contributed by atoms with E-state index in [0.717, 1.165) is 51.0 Å². The van der Waals surface area contributed by atoms with Crippen LogP contribution in [-0.4, -0.2) is 70.9 Å². The molecule has 12 heteroatoms. The quantitative estimate of drug-likeness (QED) is 0.220. The number of halogens is 2. The molecule has 0 unspecified atom stereocenters. The third-order valence-electron chi connectivity index (χ3n) is 6.17. The number of hydrogen-bond donors (Lipinski definition) is 4. The van der Waals surface area contributed by atoms with E-state index in [1.807, 2.05) is 0 Å². The maximum atomic E-state index is 14.5. The minimum atomic E-state index is -0.785. The first kappa shape index (κ1) is 29.3. The Balaban J connectivity index is 1.33. The fourth-order valence-corrected chi connectivity index (χ4v) is 4.14. The van der Waals surface area contributed by atoms with E-state index in [2.05, 4.69) is 25.5 Å². The number of aliphatic hydroxyl groups is 2. The minimum absolute atomic E-state index is 0.199. The summed E-state index contributed by atoms with van der Waals surface area (Å²) in [6.07, 6.45) is 9.12. The van der Waals surface area contributed by atoms with Gasteiger partial charge in [0.15, 0.2) is 0 Å². The molecule has 0 saturated carbocycles. The van der Waals surface area contributed by atoms with Crippen LogP contribution in [0.1, 0.15) is 31.2 Å². The van der Waals surface area contributed by atoms with Crippen molar-refractivity contribution in [1.82, 2.24) is 20.6 Å². The highest BCUT2D eigenvalue weighted by molar-refractivity contribution is 6.30. The molecule has 2 heterocycles. The third-order valence-corrected chi connectivity index (χ3v) is 6.37. The summed E-state index contributed by atoms with van der Waals surface area (Å²) in [5.74, 6) is 0.0465. The number of carbonyl (C=O) groups is 2. The summed E-state index contributed by atoms with van der Waals surface area (Å²) < 4.78 is 20.2. The summed E-state index contributed by atoms with van der Waals surface area (Å²) in [5, 5.41) is 23.1. The second kappa shape index (κ2) is 15.2. The topological polar surface area (TPSA) is 137 Å². The Bertz CT molecular complexity index is 1080. The van der Waals surface area contributed by atoms with Crippen molar-refractivity contribution in [3.05, 3.63) is 59.3 Å². The molecule has 3 rings (SSSR count). The van der Waals surface area contributed by atoms with Crippen molar-refractivity contribution < 1.29 is 28.9 Å². The van der Waals surface area contributed by atoms with E-state index in [1.54, 1.807) is 18.5 Å². The van der Waals surface area contributed by atoms with Gasteiger partial charge in [-0.1, -0.05) is 17.7 Å². The van der Waals surface area contributed by atoms with E-state index < -0.39 is 36.9 Å². The van der Waals surface area contributed by atoms with Crippen LogP contribution < -0.4 is 20.3 Å². The summed E-state index contributed by atoms with van der Waals surface area (Å²) in [5.41, 5.74) is 0.199. The number of carbonyl (C=O) groups excluding carboxylic acids is 2. The normalized spacial score (nSPS) is 14.2. The number of amides is 2. The van der Waals surface area contributed by atoms with E-state index in [0.29, 0.717) is 29.2 Å². The monoisotopic (exact) mass is 549 g/mol. The van der Waals surface area contributed by atoms with Crippen molar-refractivity contribution in [3.8, 4) is 5.75 Å². The molecule has 1 saturated heterocycles. The van der Waals surface area contributed by atoms with Gasteiger partial charge in [0, 0.05) is 31.4 Å². The fraction of sp³-hybridized carbons (Fsp3) is 0.462. The SMILES string of the molecule is O=C(/C=C/NC(=O)Cc1ccc(OCCCC2CCN(c3ncc(Cl)cn3)CC2)cc1F)NC(CO)CO. The summed E-state index contributed by atoms with van der Waals surface area (Å²) in [7, 11) is 0. The number of nitrogens with zero attached hydrogens (tertiary/aromatic N) is 3. The third kappa shape index (κ3) is 9.55. The number of benzene rings is 1. The maximum Gasteiger partial charge on any atom is 0.245 e. The molecule has 1 aromatic heterocycles. The standard InChI is InChI=1S/C26H33ClFN5O5/c27-20-14-30-26(31-15-20)33-9-6-18(7-10-33)2-1-11-38-22-4-3-19(23(28)13-22)12-25(37)29-8-5-24(36)32-21(16-34)17-35/h3-5,8,13-15,18,21,34-35H,1-2,6-7,9-12,16-17H2,(H,29,37)(H,32,36)/b8-5+. The van der Waals surface area contributed by atoms with Gasteiger partial charge in [-0.3, -0.25) is 9.59 Å².